The summed E-state index contributed by atoms with van der Waals surface area (Å²) in [7, 11) is 0. The number of para-hydroxylation sites is 1. The van der Waals surface area contributed by atoms with Crippen molar-refractivity contribution in [2.24, 2.45) is 0 Å². The first kappa shape index (κ1) is 20.9. The van der Waals surface area contributed by atoms with E-state index in [9.17, 15) is 9.59 Å². The first-order valence-corrected chi connectivity index (χ1v) is 12.1. The van der Waals surface area contributed by atoms with E-state index in [4.69, 9.17) is 9.40 Å². The fraction of sp³-hybridized carbons (Fsp3) is 0.375. The number of hydrogen-bond acceptors (Lipinski definition) is 5. The van der Waals surface area contributed by atoms with Crippen LogP contribution < -0.4 is 0 Å². The average molecular weight is 451 g/mol. The van der Waals surface area contributed by atoms with Crippen molar-refractivity contribution >= 4 is 23.6 Å². The van der Waals surface area contributed by atoms with Crippen LogP contribution in [0, 0.1) is 0 Å². The molecule has 2 aromatic heterocycles. The number of aromatic nitrogens is 2. The number of nitrogens with zero attached hydrogens (tertiary/aromatic N) is 4. The Labute approximate surface area is 191 Å². The van der Waals surface area contributed by atoms with Crippen LogP contribution in [0.15, 0.2) is 58.3 Å². The van der Waals surface area contributed by atoms with Gasteiger partial charge in [-0.05, 0) is 49.9 Å². The number of hydrogen-bond donors (Lipinski definition) is 0. The number of rotatable bonds is 5. The molecule has 0 atom stereocenters. The highest BCUT2D eigenvalue weighted by Gasteiger charge is 2.27. The third kappa shape index (κ3) is 4.19. The fourth-order valence-electron chi connectivity index (χ4n) is 4.39. The highest BCUT2D eigenvalue weighted by Crippen LogP contribution is 2.30. The quantitative estimate of drug-likeness (QED) is 0.557. The first-order valence-electron chi connectivity index (χ1n) is 11.1. The van der Waals surface area contributed by atoms with E-state index in [0.29, 0.717) is 37.7 Å². The van der Waals surface area contributed by atoms with Gasteiger partial charge in [-0.3, -0.25) is 14.2 Å². The van der Waals surface area contributed by atoms with Crippen molar-refractivity contribution in [3.63, 3.8) is 0 Å². The Morgan fingerprint density at radius 2 is 1.69 bits per heavy atom. The molecule has 1 fully saturated rings. The minimum Gasteiger partial charge on any atom is -0.459 e. The van der Waals surface area contributed by atoms with Gasteiger partial charge in [0.25, 0.3) is 5.91 Å². The van der Waals surface area contributed by atoms with Gasteiger partial charge < -0.3 is 14.2 Å². The molecule has 5 rings (SSSR count). The second kappa shape index (κ2) is 9.24. The smallest absolute Gasteiger partial charge is 0.289 e. The van der Waals surface area contributed by atoms with Crippen LogP contribution in [0.25, 0.3) is 5.69 Å². The normalized spacial score (nSPS) is 16.1. The lowest BCUT2D eigenvalue weighted by atomic mass is 10.0. The number of carbonyl (C=O) groups is 2. The molecule has 3 heterocycles. The van der Waals surface area contributed by atoms with E-state index < -0.39 is 0 Å². The van der Waals surface area contributed by atoms with Gasteiger partial charge in [0.05, 0.1) is 17.7 Å². The number of furan rings is 1. The fourth-order valence-corrected chi connectivity index (χ4v) is 5.34. The summed E-state index contributed by atoms with van der Waals surface area (Å²) in [5, 5.41) is 0.892. The van der Waals surface area contributed by atoms with Crippen molar-refractivity contribution in [3.8, 4) is 5.69 Å². The average Bonchev–Trinajstić information content (AvgIpc) is 3.51. The molecular weight excluding hydrogens is 424 g/mol. The van der Waals surface area contributed by atoms with Crippen LogP contribution in [0.3, 0.4) is 0 Å². The molecular formula is C24H26N4O3S. The molecule has 3 aromatic rings. The standard InChI is InChI=1S/C24H26N4O3S/c29-22(26-12-14-27(15-13-26)23(30)21-11-6-16-31-21)17-32-24-25-19-9-4-5-10-20(19)28(24)18-7-2-1-3-8-18/h1-3,6-8,11,16H,4-5,9-10,12-15,17H2. The molecule has 1 saturated heterocycles. The largest absolute Gasteiger partial charge is 0.459 e. The Balaban J connectivity index is 1.23. The van der Waals surface area contributed by atoms with Crippen LogP contribution in [0.1, 0.15) is 34.8 Å². The second-order valence-corrected chi connectivity index (χ2v) is 9.05. The third-order valence-electron chi connectivity index (χ3n) is 6.09. The summed E-state index contributed by atoms with van der Waals surface area (Å²) >= 11 is 1.51. The zero-order valence-electron chi connectivity index (χ0n) is 17.9. The first-order chi connectivity index (χ1) is 15.7. The van der Waals surface area contributed by atoms with Crippen LogP contribution in [0.4, 0.5) is 0 Å². The van der Waals surface area contributed by atoms with E-state index in [1.807, 2.05) is 23.1 Å². The van der Waals surface area contributed by atoms with Gasteiger partial charge in [-0.15, -0.1) is 0 Å². The number of aryl methyl sites for hydroxylation is 1. The lowest BCUT2D eigenvalue weighted by Gasteiger charge is -2.34. The van der Waals surface area contributed by atoms with E-state index in [0.717, 1.165) is 23.7 Å². The Bertz CT molecular complexity index is 1090. The number of carbonyl (C=O) groups excluding carboxylic acids is 2. The van der Waals surface area contributed by atoms with Gasteiger partial charge in [0.1, 0.15) is 0 Å². The lowest BCUT2D eigenvalue weighted by Crippen LogP contribution is -2.51. The molecule has 0 spiro atoms. The predicted molar refractivity (Wildman–Crippen MR) is 122 cm³/mol. The van der Waals surface area contributed by atoms with Gasteiger partial charge in [0, 0.05) is 37.6 Å². The Hall–Kier alpha value is -3.00. The van der Waals surface area contributed by atoms with Crippen molar-refractivity contribution in [2.45, 2.75) is 30.8 Å². The molecule has 0 radical (unpaired) electrons. The number of piperazine rings is 1. The van der Waals surface area contributed by atoms with Crippen LogP contribution >= 0.6 is 11.8 Å². The minimum absolute atomic E-state index is 0.0840. The number of thioether (sulfide) groups is 1. The zero-order chi connectivity index (χ0) is 21.9. The summed E-state index contributed by atoms with van der Waals surface area (Å²) in [5.41, 5.74) is 3.55. The minimum atomic E-state index is -0.119. The number of fused-ring (bicyclic) bond motifs is 1. The molecule has 0 unspecified atom stereocenters. The maximum Gasteiger partial charge on any atom is 0.289 e. The van der Waals surface area contributed by atoms with E-state index >= 15 is 0 Å². The van der Waals surface area contributed by atoms with E-state index in [-0.39, 0.29) is 11.8 Å². The molecule has 32 heavy (non-hydrogen) atoms. The maximum atomic E-state index is 12.9. The van der Waals surface area contributed by atoms with Crippen LogP contribution in [0.2, 0.25) is 0 Å². The molecule has 0 N–H and O–H groups in total. The summed E-state index contributed by atoms with van der Waals surface area (Å²) in [6, 6.07) is 13.7. The van der Waals surface area contributed by atoms with Crippen molar-refractivity contribution in [2.75, 3.05) is 31.9 Å². The summed E-state index contributed by atoms with van der Waals surface area (Å²) in [4.78, 5) is 33.8. The monoisotopic (exact) mass is 450 g/mol. The number of amides is 2. The predicted octanol–water partition coefficient (Wildman–Crippen LogP) is 3.42. The van der Waals surface area contributed by atoms with Gasteiger partial charge >= 0.3 is 0 Å². The molecule has 7 nitrogen and oxygen atoms in total. The summed E-state index contributed by atoms with van der Waals surface area (Å²) in [6.45, 7) is 2.11. The molecule has 1 aliphatic heterocycles. The molecule has 1 aliphatic carbocycles. The van der Waals surface area contributed by atoms with Crippen LogP contribution in [-0.4, -0.2) is 63.1 Å². The van der Waals surface area contributed by atoms with Crippen molar-refractivity contribution < 1.29 is 14.0 Å². The van der Waals surface area contributed by atoms with Crippen LogP contribution in [-0.2, 0) is 17.6 Å². The van der Waals surface area contributed by atoms with E-state index in [2.05, 4.69) is 16.7 Å². The number of benzene rings is 1. The van der Waals surface area contributed by atoms with Gasteiger partial charge in [-0.2, -0.15) is 0 Å². The summed E-state index contributed by atoms with van der Waals surface area (Å²) in [6.07, 6.45) is 5.87. The highest BCUT2D eigenvalue weighted by molar-refractivity contribution is 7.99. The maximum absolute atomic E-state index is 12.9. The molecule has 0 bridgehead atoms. The van der Waals surface area contributed by atoms with Crippen molar-refractivity contribution in [1.82, 2.24) is 19.4 Å². The van der Waals surface area contributed by atoms with Gasteiger partial charge in [0.2, 0.25) is 5.91 Å². The van der Waals surface area contributed by atoms with Crippen LogP contribution in [0.5, 0.6) is 0 Å². The third-order valence-corrected chi connectivity index (χ3v) is 7.02. The van der Waals surface area contributed by atoms with Gasteiger partial charge in [0.15, 0.2) is 10.9 Å². The Morgan fingerprint density at radius 3 is 2.44 bits per heavy atom. The molecule has 2 aliphatic rings. The molecule has 166 valence electrons. The lowest BCUT2D eigenvalue weighted by molar-refractivity contribution is -0.129. The topological polar surface area (TPSA) is 71.6 Å². The molecule has 8 heteroatoms. The second-order valence-electron chi connectivity index (χ2n) is 8.10. The number of imidazole rings is 1. The summed E-state index contributed by atoms with van der Waals surface area (Å²) < 4.78 is 7.44. The molecule has 2 amide bonds. The summed E-state index contributed by atoms with van der Waals surface area (Å²) in [5.74, 6) is 0.652. The van der Waals surface area contributed by atoms with E-state index in [1.54, 1.807) is 17.0 Å². The Kier molecular flexibility index (Phi) is 6.03. The van der Waals surface area contributed by atoms with Gasteiger partial charge in [-0.25, -0.2) is 4.98 Å². The highest BCUT2D eigenvalue weighted by atomic mass is 32.2. The van der Waals surface area contributed by atoms with Crippen molar-refractivity contribution in [3.05, 3.63) is 65.9 Å². The van der Waals surface area contributed by atoms with Gasteiger partial charge in [-0.1, -0.05) is 30.0 Å². The molecule has 1 aromatic carbocycles. The van der Waals surface area contributed by atoms with E-state index in [1.165, 1.54) is 42.3 Å². The Morgan fingerprint density at radius 1 is 0.938 bits per heavy atom. The SMILES string of the molecule is O=C(CSc1nc2c(n1-c1ccccc1)CCCC2)N1CCN(C(=O)c2ccco2)CC1. The van der Waals surface area contributed by atoms with Crippen molar-refractivity contribution in [1.29, 1.82) is 0 Å². The molecule has 0 saturated carbocycles. The zero-order valence-corrected chi connectivity index (χ0v) is 18.7.